The summed E-state index contributed by atoms with van der Waals surface area (Å²) in [6.45, 7) is 2.90. The maximum absolute atomic E-state index is 9.26. The van der Waals surface area contributed by atoms with E-state index in [1.807, 2.05) is 6.07 Å². The number of hydrogen-bond donors (Lipinski definition) is 1. The summed E-state index contributed by atoms with van der Waals surface area (Å²) in [7, 11) is 1.74. The molecule has 0 bridgehead atoms. The van der Waals surface area contributed by atoms with Crippen LogP contribution in [-0.2, 0) is 11.3 Å². The maximum atomic E-state index is 9.26. The maximum Gasteiger partial charge on any atom is 0.0717 e. The number of aromatic nitrogens is 1. The third kappa shape index (κ3) is 2.33. The minimum atomic E-state index is 0.0502. The summed E-state index contributed by atoms with van der Waals surface area (Å²) in [5.41, 5.74) is 2.01. The Morgan fingerprint density at radius 1 is 1.62 bits per heavy atom. The Hall–Kier alpha value is -1.13. The van der Waals surface area contributed by atoms with E-state index in [9.17, 15) is 5.11 Å². The van der Waals surface area contributed by atoms with Gasteiger partial charge in [-0.1, -0.05) is 0 Å². The predicted molar refractivity (Wildman–Crippen MR) is 62.4 cm³/mol. The topological polar surface area (TPSA) is 45.6 Å². The van der Waals surface area contributed by atoms with Crippen LogP contribution in [-0.4, -0.2) is 36.9 Å². The zero-order chi connectivity index (χ0) is 11.4. The van der Waals surface area contributed by atoms with Gasteiger partial charge in [-0.2, -0.15) is 0 Å². The van der Waals surface area contributed by atoms with Crippen LogP contribution in [0.1, 0.15) is 12.0 Å². The fourth-order valence-electron chi connectivity index (χ4n) is 2.27. The molecule has 1 unspecified atom stereocenters. The van der Waals surface area contributed by atoms with Gasteiger partial charge in [0.15, 0.2) is 0 Å². The molecule has 1 aromatic rings. The SMILES string of the molecule is COCC1CCN(c2ccncc2CO)C1. The normalized spacial score (nSPS) is 20.4. The second kappa shape index (κ2) is 5.27. The van der Waals surface area contributed by atoms with Crippen molar-refractivity contribution in [2.45, 2.75) is 13.0 Å². The van der Waals surface area contributed by atoms with Gasteiger partial charge in [0.1, 0.15) is 0 Å². The predicted octanol–water partition coefficient (Wildman–Crippen LogP) is 1.05. The Balaban J connectivity index is 2.08. The van der Waals surface area contributed by atoms with E-state index in [2.05, 4.69) is 9.88 Å². The van der Waals surface area contributed by atoms with Crippen LogP contribution in [0.5, 0.6) is 0 Å². The Kier molecular flexibility index (Phi) is 3.74. The van der Waals surface area contributed by atoms with Gasteiger partial charge in [-0.05, 0) is 12.5 Å². The van der Waals surface area contributed by atoms with Gasteiger partial charge in [-0.25, -0.2) is 0 Å². The first-order chi connectivity index (χ1) is 7.85. The average Bonchev–Trinajstić information content (AvgIpc) is 2.78. The molecule has 0 aliphatic carbocycles. The van der Waals surface area contributed by atoms with Crippen molar-refractivity contribution in [1.29, 1.82) is 0 Å². The standard InChI is InChI=1S/C12H18N2O2/c1-16-9-10-3-5-14(7-10)12-2-4-13-6-11(12)8-15/h2,4,6,10,15H,3,5,7-9H2,1H3. The van der Waals surface area contributed by atoms with Gasteiger partial charge < -0.3 is 14.7 Å². The fraction of sp³-hybridized carbons (Fsp3) is 0.583. The smallest absolute Gasteiger partial charge is 0.0717 e. The molecule has 4 heteroatoms. The van der Waals surface area contributed by atoms with Crippen molar-refractivity contribution in [2.24, 2.45) is 5.92 Å². The molecule has 1 aliphatic heterocycles. The monoisotopic (exact) mass is 222 g/mol. The number of hydrogen-bond acceptors (Lipinski definition) is 4. The highest BCUT2D eigenvalue weighted by Gasteiger charge is 2.23. The van der Waals surface area contributed by atoms with Gasteiger partial charge >= 0.3 is 0 Å². The number of pyridine rings is 1. The van der Waals surface area contributed by atoms with Crippen molar-refractivity contribution in [3.05, 3.63) is 24.0 Å². The lowest BCUT2D eigenvalue weighted by molar-refractivity contribution is 0.161. The molecular weight excluding hydrogens is 204 g/mol. The molecule has 88 valence electrons. The van der Waals surface area contributed by atoms with Crippen molar-refractivity contribution in [2.75, 3.05) is 31.7 Å². The number of anilines is 1. The van der Waals surface area contributed by atoms with Gasteiger partial charge in [0.05, 0.1) is 13.2 Å². The summed E-state index contributed by atoms with van der Waals surface area (Å²) in [4.78, 5) is 6.33. The van der Waals surface area contributed by atoms with Crippen molar-refractivity contribution in [3.63, 3.8) is 0 Å². The van der Waals surface area contributed by atoms with Crippen molar-refractivity contribution < 1.29 is 9.84 Å². The molecule has 0 amide bonds. The van der Waals surface area contributed by atoms with Crippen molar-refractivity contribution in [3.8, 4) is 0 Å². The molecule has 1 aliphatic rings. The molecule has 1 aromatic heterocycles. The van der Waals surface area contributed by atoms with Gasteiger partial charge in [0, 0.05) is 49.8 Å². The molecule has 0 radical (unpaired) electrons. The first-order valence-electron chi connectivity index (χ1n) is 5.62. The third-order valence-electron chi connectivity index (χ3n) is 3.08. The zero-order valence-corrected chi connectivity index (χ0v) is 9.59. The average molecular weight is 222 g/mol. The van der Waals surface area contributed by atoms with E-state index < -0.39 is 0 Å². The van der Waals surface area contributed by atoms with Crippen LogP contribution in [0.15, 0.2) is 18.5 Å². The highest BCUT2D eigenvalue weighted by molar-refractivity contribution is 5.52. The number of nitrogens with zero attached hydrogens (tertiary/aromatic N) is 2. The van der Waals surface area contributed by atoms with Gasteiger partial charge in [0.2, 0.25) is 0 Å². The molecule has 4 nitrogen and oxygen atoms in total. The molecule has 2 rings (SSSR count). The highest BCUT2D eigenvalue weighted by atomic mass is 16.5. The highest BCUT2D eigenvalue weighted by Crippen LogP contribution is 2.26. The minimum Gasteiger partial charge on any atom is -0.392 e. The van der Waals surface area contributed by atoms with Gasteiger partial charge in [0.25, 0.3) is 0 Å². The minimum absolute atomic E-state index is 0.0502. The number of rotatable bonds is 4. The lowest BCUT2D eigenvalue weighted by atomic mass is 10.1. The van der Waals surface area contributed by atoms with Crippen LogP contribution in [0.25, 0.3) is 0 Å². The Morgan fingerprint density at radius 3 is 3.25 bits per heavy atom. The molecule has 0 saturated carbocycles. The Bertz CT molecular complexity index is 344. The van der Waals surface area contributed by atoms with Crippen LogP contribution in [0.2, 0.25) is 0 Å². The summed E-state index contributed by atoms with van der Waals surface area (Å²) in [6.07, 6.45) is 4.66. The molecule has 1 N–H and O–H groups in total. The van der Waals surface area contributed by atoms with Crippen LogP contribution >= 0.6 is 0 Å². The van der Waals surface area contributed by atoms with Gasteiger partial charge in [-0.15, -0.1) is 0 Å². The molecule has 0 aromatic carbocycles. The Labute approximate surface area is 95.9 Å². The van der Waals surface area contributed by atoms with E-state index in [1.54, 1.807) is 19.5 Å². The number of ether oxygens (including phenoxy) is 1. The van der Waals surface area contributed by atoms with Crippen molar-refractivity contribution >= 4 is 5.69 Å². The van der Waals surface area contributed by atoms with E-state index in [1.165, 1.54) is 0 Å². The summed E-state index contributed by atoms with van der Waals surface area (Å²) in [5.74, 6) is 0.602. The van der Waals surface area contributed by atoms with Crippen LogP contribution < -0.4 is 4.90 Å². The summed E-state index contributed by atoms with van der Waals surface area (Å²) in [6, 6.07) is 1.97. The first kappa shape index (κ1) is 11.4. The lowest BCUT2D eigenvalue weighted by Crippen LogP contribution is -2.22. The van der Waals surface area contributed by atoms with Crippen molar-refractivity contribution in [1.82, 2.24) is 4.98 Å². The Morgan fingerprint density at radius 2 is 2.50 bits per heavy atom. The lowest BCUT2D eigenvalue weighted by Gasteiger charge is -2.21. The van der Waals surface area contributed by atoms with Crippen LogP contribution in [0, 0.1) is 5.92 Å². The van der Waals surface area contributed by atoms with E-state index >= 15 is 0 Å². The summed E-state index contributed by atoms with van der Waals surface area (Å²) in [5, 5.41) is 9.26. The second-order valence-electron chi connectivity index (χ2n) is 4.22. The quantitative estimate of drug-likeness (QED) is 0.827. The fourth-order valence-corrected chi connectivity index (χ4v) is 2.27. The zero-order valence-electron chi connectivity index (χ0n) is 9.59. The van der Waals surface area contributed by atoms with E-state index in [-0.39, 0.29) is 6.61 Å². The third-order valence-corrected chi connectivity index (χ3v) is 3.08. The molecule has 16 heavy (non-hydrogen) atoms. The van der Waals surface area contributed by atoms with Crippen LogP contribution in [0.4, 0.5) is 5.69 Å². The molecule has 1 atom stereocenters. The van der Waals surface area contributed by atoms with E-state index in [4.69, 9.17) is 4.74 Å². The second-order valence-corrected chi connectivity index (χ2v) is 4.22. The summed E-state index contributed by atoms with van der Waals surface area (Å²) < 4.78 is 5.18. The van der Waals surface area contributed by atoms with E-state index in [0.717, 1.165) is 37.4 Å². The molecule has 2 heterocycles. The molecular formula is C12H18N2O2. The molecule has 1 saturated heterocycles. The largest absolute Gasteiger partial charge is 0.392 e. The van der Waals surface area contributed by atoms with Gasteiger partial charge in [-0.3, -0.25) is 4.98 Å². The number of methoxy groups -OCH3 is 1. The molecule has 0 spiro atoms. The first-order valence-corrected chi connectivity index (χ1v) is 5.62. The molecule has 1 fully saturated rings. The van der Waals surface area contributed by atoms with E-state index in [0.29, 0.717) is 5.92 Å². The number of aliphatic hydroxyl groups excluding tert-OH is 1. The van der Waals surface area contributed by atoms with Crippen LogP contribution in [0.3, 0.4) is 0 Å². The number of aliphatic hydroxyl groups is 1. The summed E-state index contributed by atoms with van der Waals surface area (Å²) >= 11 is 0.